The Hall–Kier alpha value is -3.14. The van der Waals surface area contributed by atoms with E-state index in [9.17, 15) is 9.59 Å². The van der Waals surface area contributed by atoms with Gasteiger partial charge in [0, 0.05) is 5.56 Å². The summed E-state index contributed by atoms with van der Waals surface area (Å²) < 4.78 is 1.75. The lowest BCUT2D eigenvalue weighted by Gasteiger charge is -2.14. The lowest BCUT2D eigenvalue weighted by molar-refractivity contribution is 0.791. The number of allylic oxidation sites excluding steroid dienone is 1. The molecule has 4 heteroatoms. The maximum absolute atomic E-state index is 12.3. The van der Waals surface area contributed by atoms with Gasteiger partial charge in [0.05, 0.1) is 11.4 Å². The van der Waals surface area contributed by atoms with Gasteiger partial charge in [-0.05, 0) is 49.1 Å². The van der Waals surface area contributed by atoms with Crippen LogP contribution in [0.2, 0.25) is 0 Å². The number of nitrogens with one attached hydrogen (secondary N) is 1. The number of nitrogens with zero attached hydrogens (tertiary/aromatic N) is 1. The summed E-state index contributed by atoms with van der Waals surface area (Å²) in [5.74, 6) is 0. The van der Waals surface area contributed by atoms with Crippen LogP contribution in [0.3, 0.4) is 0 Å². The predicted octanol–water partition coefficient (Wildman–Crippen LogP) is 3.32. The number of aromatic amines is 1. The Morgan fingerprint density at radius 2 is 1.68 bits per heavy atom. The molecule has 0 spiro atoms. The molecule has 0 unspecified atom stereocenters. The minimum absolute atomic E-state index is 0.421. The fourth-order valence-corrected chi connectivity index (χ4v) is 3.31. The van der Waals surface area contributed by atoms with E-state index in [2.05, 4.69) is 11.2 Å². The summed E-state index contributed by atoms with van der Waals surface area (Å²) in [4.78, 5) is 24.4. The minimum Gasteiger partial charge on any atom is -0.283 e. The molecule has 1 aliphatic rings. The van der Waals surface area contributed by atoms with E-state index in [-0.39, 0.29) is 0 Å². The van der Waals surface area contributed by atoms with E-state index in [1.54, 1.807) is 4.68 Å². The number of aryl methyl sites for hydroxylation is 1. The highest BCUT2D eigenvalue weighted by Gasteiger charge is 2.25. The van der Waals surface area contributed by atoms with E-state index in [1.807, 2.05) is 61.5 Å². The summed E-state index contributed by atoms with van der Waals surface area (Å²) in [6.45, 7) is 2.02. The summed E-state index contributed by atoms with van der Waals surface area (Å²) in [7, 11) is 0. The molecule has 0 saturated heterocycles. The van der Waals surface area contributed by atoms with Crippen molar-refractivity contribution in [2.24, 2.45) is 0 Å². The number of hydrogen-bond acceptors (Lipinski definition) is 2. The van der Waals surface area contributed by atoms with Gasteiger partial charge < -0.3 is 0 Å². The first-order valence-electron chi connectivity index (χ1n) is 8.35. The molecule has 25 heavy (non-hydrogen) atoms. The van der Waals surface area contributed by atoms with Gasteiger partial charge >= 0.3 is 5.56 Å². The quantitative estimate of drug-likeness (QED) is 0.733. The fourth-order valence-electron chi connectivity index (χ4n) is 3.31. The van der Waals surface area contributed by atoms with Gasteiger partial charge in [-0.1, -0.05) is 48.0 Å². The molecule has 0 aliphatic heterocycles. The van der Waals surface area contributed by atoms with Crippen molar-refractivity contribution in [2.45, 2.75) is 19.8 Å². The summed E-state index contributed by atoms with van der Waals surface area (Å²) in [5.41, 5.74) is 4.57. The average molecular weight is 330 g/mol. The van der Waals surface area contributed by atoms with Gasteiger partial charge in [-0.15, -0.1) is 0 Å². The molecule has 0 bridgehead atoms. The second kappa shape index (κ2) is 6.06. The van der Waals surface area contributed by atoms with Crippen LogP contribution < -0.4 is 11.0 Å². The average Bonchev–Trinajstić information content (AvgIpc) is 3.04. The maximum atomic E-state index is 12.3. The van der Waals surface area contributed by atoms with Crippen LogP contribution in [0.4, 0.5) is 0 Å². The third kappa shape index (κ3) is 2.76. The summed E-state index contributed by atoms with van der Waals surface area (Å²) in [5, 5.41) is 2.74. The zero-order valence-electron chi connectivity index (χ0n) is 14.0. The number of aromatic nitrogens is 2. The molecule has 0 fully saturated rings. The van der Waals surface area contributed by atoms with Crippen molar-refractivity contribution >= 4 is 11.6 Å². The molecular weight excluding hydrogens is 312 g/mol. The Bertz CT molecular complexity index is 1070. The van der Waals surface area contributed by atoms with E-state index in [0.717, 1.165) is 34.5 Å². The molecule has 0 radical (unpaired) electrons. The van der Waals surface area contributed by atoms with Crippen LogP contribution in [-0.4, -0.2) is 9.78 Å². The Morgan fingerprint density at radius 1 is 0.960 bits per heavy atom. The van der Waals surface area contributed by atoms with Gasteiger partial charge in [0.25, 0.3) is 0 Å². The van der Waals surface area contributed by atoms with Crippen LogP contribution >= 0.6 is 0 Å². The van der Waals surface area contributed by atoms with Crippen LogP contribution in [0, 0.1) is 6.92 Å². The van der Waals surface area contributed by atoms with Crippen molar-refractivity contribution in [1.29, 1.82) is 0 Å². The van der Waals surface area contributed by atoms with Crippen LogP contribution in [0.1, 0.15) is 28.8 Å². The van der Waals surface area contributed by atoms with Crippen LogP contribution in [0.15, 0.2) is 64.2 Å². The number of fused-ring (bicyclic) bond motifs is 1. The Labute approximate surface area is 145 Å². The standard InChI is InChI=1S/C21H18N2O2/c1-14-7-10-17(11-8-14)23-19-16(13-15-5-3-2-4-6-15)9-12-18(19)20(24)21(25)22-23/h2-8,10-11,13H,9,12H2,1H3,(H,22,25). The number of rotatable bonds is 2. The van der Waals surface area contributed by atoms with Crippen LogP contribution in [0.25, 0.3) is 17.3 Å². The molecule has 1 aliphatic carbocycles. The summed E-state index contributed by atoms with van der Waals surface area (Å²) in [6, 6.07) is 17.9. The van der Waals surface area contributed by atoms with Gasteiger partial charge in [0.1, 0.15) is 0 Å². The van der Waals surface area contributed by atoms with Gasteiger partial charge in [0.2, 0.25) is 5.43 Å². The highest BCUT2D eigenvalue weighted by atomic mass is 16.2. The fraction of sp³-hybridized carbons (Fsp3) is 0.143. The molecule has 3 aromatic rings. The molecule has 1 N–H and O–H groups in total. The Morgan fingerprint density at radius 3 is 2.40 bits per heavy atom. The first kappa shape index (κ1) is 15.4. The molecule has 1 heterocycles. The van der Waals surface area contributed by atoms with E-state index in [1.165, 1.54) is 0 Å². The molecule has 0 atom stereocenters. The van der Waals surface area contributed by atoms with Crippen LogP contribution in [0.5, 0.6) is 0 Å². The van der Waals surface area contributed by atoms with Crippen molar-refractivity contribution in [2.75, 3.05) is 0 Å². The molecule has 4 rings (SSSR count). The monoisotopic (exact) mass is 330 g/mol. The Balaban J connectivity index is 1.96. The topological polar surface area (TPSA) is 54.9 Å². The van der Waals surface area contributed by atoms with Crippen molar-refractivity contribution in [1.82, 2.24) is 9.78 Å². The van der Waals surface area contributed by atoms with Crippen molar-refractivity contribution in [3.63, 3.8) is 0 Å². The minimum atomic E-state index is -0.569. The highest BCUT2D eigenvalue weighted by molar-refractivity contribution is 5.84. The van der Waals surface area contributed by atoms with E-state index in [0.29, 0.717) is 12.0 Å². The molecule has 0 saturated carbocycles. The lowest BCUT2D eigenvalue weighted by Crippen LogP contribution is -2.34. The molecule has 0 amide bonds. The highest BCUT2D eigenvalue weighted by Crippen LogP contribution is 2.32. The molecule has 2 aromatic carbocycles. The smallest absolute Gasteiger partial charge is 0.283 e. The van der Waals surface area contributed by atoms with E-state index in [4.69, 9.17) is 0 Å². The number of H-pyrrole nitrogens is 1. The Kier molecular flexibility index (Phi) is 3.73. The predicted molar refractivity (Wildman–Crippen MR) is 100 cm³/mol. The third-order valence-electron chi connectivity index (χ3n) is 4.58. The van der Waals surface area contributed by atoms with Crippen molar-refractivity contribution in [3.05, 3.63) is 97.6 Å². The summed E-state index contributed by atoms with van der Waals surface area (Å²) >= 11 is 0. The second-order valence-electron chi connectivity index (χ2n) is 6.35. The van der Waals surface area contributed by atoms with Gasteiger partial charge in [-0.2, -0.15) is 0 Å². The van der Waals surface area contributed by atoms with E-state index >= 15 is 0 Å². The van der Waals surface area contributed by atoms with Gasteiger partial charge in [0.15, 0.2) is 0 Å². The number of benzene rings is 2. The number of hydrogen-bond donors (Lipinski definition) is 1. The zero-order chi connectivity index (χ0) is 17.4. The molecular formula is C21H18N2O2. The first-order valence-corrected chi connectivity index (χ1v) is 8.35. The third-order valence-corrected chi connectivity index (χ3v) is 4.58. The zero-order valence-corrected chi connectivity index (χ0v) is 14.0. The van der Waals surface area contributed by atoms with Crippen molar-refractivity contribution in [3.8, 4) is 5.69 Å². The summed E-state index contributed by atoms with van der Waals surface area (Å²) in [6.07, 6.45) is 3.44. The molecule has 124 valence electrons. The molecule has 4 nitrogen and oxygen atoms in total. The maximum Gasteiger partial charge on any atom is 0.310 e. The van der Waals surface area contributed by atoms with Gasteiger partial charge in [-0.3, -0.25) is 19.4 Å². The second-order valence-corrected chi connectivity index (χ2v) is 6.35. The van der Waals surface area contributed by atoms with Crippen molar-refractivity contribution < 1.29 is 0 Å². The van der Waals surface area contributed by atoms with Crippen LogP contribution in [-0.2, 0) is 6.42 Å². The van der Waals surface area contributed by atoms with E-state index < -0.39 is 11.0 Å². The largest absolute Gasteiger partial charge is 0.310 e. The lowest BCUT2D eigenvalue weighted by atomic mass is 10.1. The normalized spacial score (nSPS) is 14.7. The first-order chi connectivity index (χ1) is 12.1. The SMILES string of the molecule is Cc1ccc(-n2[nH]c(=O)c(=O)c3c2C(=Cc2ccccc2)CC3)cc1. The molecule has 1 aromatic heterocycles. The van der Waals surface area contributed by atoms with Gasteiger partial charge in [-0.25, -0.2) is 0 Å².